The minimum absolute atomic E-state index is 0.00157. The maximum absolute atomic E-state index is 12.1. The Morgan fingerprint density at radius 3 is 2.50 bits per heavy atom. The Bertz CT molecular complexity index is 583. The Morgan fingerprint density at radius 1 is 1.27 bits per heavy atom. The number of hydrogen-bond donors (Lipinski definition) is 2. The standard InChI is InChI=1S/C15H18ClN3O3/c1-2-14(21)18-5-7-19(8-6-18)15(22)10-17-12-4-3-11(16)9-13(12)20/h2-4,9,17,20H,1,5-8,10H2. The monoisotopic (exact) mass is 323 g/mol. The lowest BCUT2D eigenvalue weighted by atomic mass is 10.2. The summed E-state index contributed by atoms with van der Waals surface area (Å²) in [6.45, 7) is 5.52. The van der Waals surface area contributed by atoms with Crippen molar-refractivity contribution in [2.75, 3.05) is 38.0 Å². The van der Waals surface area contributed by atoms with Crippen molar-refractivity contribution in [3.05, 3.63) is 35.9 Å². The number of aromatic hydroxyl groups is 1. The van der Waals surface area contributed by atoms with Crippen LogP contribution in [0.1, 0.15) is 0 Å². The Kier molecular flexibility index (Phi) is 5.27. The van der Waals surface area contributed by atoms with Crippen molar-refractivity contribution >= 4 is 29.1 Å². The van der Waals surface area contributed by atoms with Crippen molar-refractivity contribution in [2.24, 2.45) is 0 Å². The summed E-state index contributed by atoms with van der Waals surface area (Å²) in [5, 5.41) is 13.0. The molecule has 7 heteroatoms. The Labute approximate surface area is 134 Å². The highest BCUT2D eigenvalue weighted by molar-refractivity contribution is 6.30. The van der Waals surface area contributed by atoms with Crippen LogP contribution in [0.3, 0.4) is 0 Å². The topological polar surface area (TPSA) is 72.9 Å². The van der Waals surface area contributed by atoms with Gasteiger partial charge in [0, 0.05) is 37.3 Å². The molecule has 0 aliphatic carbocycles. The minimum Gasteiger partial charge on any atom is -0.506 e. The Balaban J connectivity index is 1.83. The van der Waals surface area contributed by atoms with Crippen molar-refractivity contribution < 1.29 is 14.7 Å². The van der Waals surface area contributed by atoms with Crippen LogP contribution in [-0.2, 0) is 9.59 Å². The molecule has 1 aliphatic rings. The van der Waals surface area contributed by atoms with E-state index in [9.17, 15) is 14.7 Å². The van der Waals surface area contributed by atoms with Crippen molar-refractivity contribution in [3.8, 4) is 5.75 Å². The first-order valence-corrected chi connectivity index (χ1v) is 7.30. The number of halogens is 1. The number of anilines is 1. The fraction of sp³-hybridized carbons (Fsp3) is 0.333. The number of phenols is 1. The Hall–Kier alpha value is -2.21. The number of nitrogens with zero attached hydrogens (tertiary/aromatic N) is 2. The highest BCUT2D eigenvalue weighted by atomic mass is 35.5. The van der Waals surface area contributed by atoms with Crippen LogP contribution in [-0.4, -0.2) is 59.4 Å². The SMILES string of the molecule is C=CC(=O)N1CCN(C(=O)CNc2ccc(Cl)cc2O)CC1. The predicted octanol–water partition coefficient (Wildman–Crippen LogP) is 1.31. The van der Waals surface area contributed by atoms with E-state index in [1.165, 1.54) is 12.1 Å². The molecule has 0 aromatic heterocycles. The normalized spacial score (nSPS) is 14.6. The summed E-state index contributed by atoms with van der Waals surface area (Å²) in [7, 11) is 0. The summed E-state index contributed by atoms with van der Waals surface area (Å²) in [6, 6.07) is 4.66. The molecule has 0 atom stereocenters. The molecule has 1 aromatic carbocycles. The largest absolute Gasteiger partial charge is 0.506 e. The maximum atomic E-state index is 12.1. The highest BCUT2D eigenvalue weighted by Crippen LogP contribution is 2.26. The summed E-state index contributed by atoms with van der Waals surface area (Å²) < 4.78 is 0. The molecule has 0 bridgehead atoms. The highest BCUT2D eigenvalue weighted by Gasteiger charge is 2.22. The van der Waals surface area contributed by atoms with Gasteiger partial charge in [0.15, 0.2) is 0 Å². The van der Waals surface area contributed by atoms with Gasteiger partial charge in [-0.3, -0.25) is 9.59 Å². The third-order valence-corrected chi connectivity index (χ3v) is 3.74. The number of hydrogen-bond acceptors (Lipinski definition) is 4. The number of carbonyl (C=O) groups excluding carboxylic acids is 2. The fourth-order valence-corrected chi connectivity index (χ4v) is 2.41. The van der Waals surface area contributed by atoms with E-state index in [0.717, 1.165) is 0 Å². The van der Waals surface area contributed by atoms with Crippen molar-refractivity contribution in [1.82, 2.24) is 9.80 Å². The average Bonchev–Trinajstić information content (AvgIpc) is 2.53. The number of phenolic OH excluding ortho intramolecular Hbond substituents is 1. The van der Waals surface area contributed by atoms with Gasteiger partial charge in [0.1, 0.15) is 5.75 Å². The molecule has 0 saturated carbocycles. The summed E-state index contributed by atoms with van der Waals surface area (Å²) >= 11 is 5.75. The van der Waals surface area contributed by atoms with Gasteiger partial charge in [-0.25, -0.2) is 0 Å². The van der Waals surface area contributed by atoms with Gasteiger partial charge in [0.05, 0.1) is 12.2 Å². The molecule has 0 spiro atoms. The van der Waals surface area contributed by atoms with Crippen LogP contribution in [0.25, 0.3) is 0 Å². The molecule has 0 unspecified atom stereocenters. The number of benzene rings is 1. The van der Waals surface area contributed by atoms with Crippen molar-refractivity contribution in [3.63, 3.8) is 0 Å². The molecule has 1 fully saturated rings. The molecule has 22 heavy (non-hydrogen) atoms. The quantitative estimate of drug-likeness (QED) is 0.647. The summed E-state index contributed by atoms with van der Waals surface area (Å²) in [6.07, 6.45) is 1.28. The van der Waals surface area contributed by atoms with E-state index in [0.29, 0.717) is 36.9 Å². The maximum Gasteiger partial charge on any atom is 0.246 e. The van der Waals surface area contributed by atoms with E-state index < -0.39 is 0 Å². The molecule has 2 N–H and O–H groups in total. The second-order valence-electron chi connectivity index (χ2n) is 4.93. The number of nitrogens with one attached hydrogen (secondary N) is 1. The summed E-state index contributed by atoms with van der Waals surface area (Å²) in [5.74, 6) is -0.196. The van der Waals surface area contributed by atoms with E-state index in [-0.39, 0.29) is 24.1 Å². The molecule has 2 rings (SSSR count). The van der Waals surface area contributed by atoms with Gasteiger partial charge in [-0.1, -0.05) is 18.2 Å². The van der Waals surface area contributed by atoms with Gasteiger partial charge in [0.25, 0.3) is 0 Å². The van der Waals surface area contributed by atoms with Crippen molar-refractivity contribution in [1.29, 1.82) is 0 Å². The first-order chi connectivity index (χ1) is 10.5. The molecule has 2 amide bonds. The zero-order valence-corrected chi connectivity index (χ0v) is 12.8. The molecule has 1 heterocycles. The molecule has 1 saturated heterocycles. The molecule has 118 valence electrons. The van der Waals surface area contributed by atoms with Crippen LogP contribution >= 0.6 is 11.6 Å². The smallest absolute Gasteiger partial charge is 0.246 e. The first kappa shape index (κ1) is 16.2. The number of piperazine rings is 1. The predicted molar refractivity (Wildman–Crippen MR) is 85.0 cm³/mol. The van der Waals surface area contributed by atoms with Crippen LogP contribution in [0, 0.1) is 0 Å². The van der Waals surface area contributed by atoms with Crippen LogP contribution in [0.2, 0.25) is 5.02 Å². The van der Waals surface area contributed by atoms with Gasteiger partial charge in [0.2, 0.25) is 11.8 Å². The molecule has 0 radical (unpaired) electrons. The van der Waals surface area contributed by atoms with E-state index in [1.54, 1.807) is 21.9 Å². The lowest BCUT2D eigenvalue weighted by molar-refractivity contribution is -0.135. The Morgan fingerprint density at radius 2 is 1.91 bits per heavy atom. The van der Waals surface area contributed by atoms with E-state index in [2.05, 4.69) is 11.9 Å². The van der Waals surface area contributed by atoms with Gasteiger partial charge in [-0.05, 0) is 18.2 Å². The lowest BCUT2D eigenvalue weighted by Gasteiger charge is -2.34. The van der Waals surface area contributed by atoms with Gasteiger partial charge in [-0.2, -0.15) is 0 Å². The lowest BCUT2D eigenvalue weighted by Crippen LogP contribution is -2.51. The average molecular weight is 324 g/mol. The van der Waals surface area contributed by atoms with Crippen molar-refractivity contribution in [2.45, 2.75) is 0 Å². The second kappa shape index (κ2) is 7.17. The van der Waals surface area contributed by atoms with Crippen LogP contribution in [0.15, 0.2) is 30.9 Å². The van der Waals surface area contributed by atoms with Gasteiger partial charge < -0.3 is 20.2 Å². The van der Waals surface area contributed by atoms with Crippen LogP contribution in [0.5, 0.6) is 5.75 Å². The fourth-order valence-electron chi connectivity index (χ4n) is 2.24. The molecular formula is C15H18ClN3O3. The van der Waals surface area contributed by atoms with Crippen LogP contribution in [0.4, 0.5) is 5.69 Å². The van der Waals surface area contributed by atoms with E-state index in [1.807, 2.05) is 0 Å². The zero-order chi connectivity index (χ0) is 16.1. The molecule has 6 nitrogen and oxygen atoms in total. The first-order valence-electron chi connectivity index (χ1n) is 6.93. The van der Waals surface area contributed by atoms with E-state index in [4.69, 9.17) is 11.6 Å². The number of carbonyl (C=O) groups is 2. The summed E-state index contributed by atoms with van der Waals surface area (Å²) in [4.78, 5) is 26.9. The molecule has 1 aromatic rings. The minimum atomic E-state index is -0.115. The van der Waals surface area contributed by atoms with Gasteiger partial charge >= 0.3 is 0 Å². The summed E-state index contributed by atoms with van der Waals surface area (Å²) in [5.41, 5.74) is 0.457. The third kappa shape index (κ3) is 3.92. The molecular weight excluding hydrogens is 306 g/mol. The van der Waals surface area contributed by atoms with Crippen LogP contribution < -0.4 is 5.32 Å². The number of amides is 2. The zero-order valence-electron chi connectivity index (χ0n) is 12.1. The van der Waals surface area contributed by atoms with E-state index >= 15 is 0 Å². The van der Waals surface area contributed by atoms with Gasteiger partial charge in [-0.15, -0.1) is 0 Å². The second-order valence-corrected chi connectivity index (χ2v) is 5.36. The molecule has 1 aliphatic heterocycles. The number of rotatable bonds is 4. The third-order valence-electron chi connectivity index (χ3n) is 3.51.